The van der Waals surface area contributed by atoms with Gasteiger partial charge in [-0.05, 0) is 52.1 Å². The van der Waals surface area contributed by atoms with Crippen LogP contribution in [0.25, 0.3) is 0 Å². The van der Waals surface area contributed by atoms with Crippen LogP contribution >= 0.6 is 0 Å². The van der Waals surface area contributed by atoms with Gasteiger partial charge in [0.1, 0.15) is 5.60 Å². The number of allylic oxidation sites excluding steroid dienone is 1. The third-order valence-corrected chi connectivity index (χ3v) is 7.92. The molecule has 1 unspecified atom stereocenters. The minimum Gasteiger partial charge on any atom is -0.458 e. The molecule has 3 saturated heterocycles. The highest BCUT2D eigenvalue weighted by Crippen LogP contribution is 2.64. The van der Waals surface area contributed by atoms with Crippen molar-refractivity contribution in [3.63, 3.8) is 0 Å². The average Bonchev–Trinajstić information content (AvgIpc) is 2.99. The maximum atomic E-state index is 12.6. The number of fused-ring (bicyclic) bond motifs is 2. The smallest absolute Gasteiger partial charge is 0.309 e. The van der Waals surface area contributed by atoms with E-state index in [0.29, 0.717) is 0 Å². The number of carbonyl (C=O) groups is 1. The van der Waals surface area contributed by atoms with E-state index in [4.69, 9.17) is 15.9 Å². The summed E-state index contributed by atoms with van der Waals surface area (Å²) in [5, 5.41) is 8.49. The average molecular weight is 345 g/mol. The predicted molar refractivity (Wildman–Crippen MR) is 97.4 cm³/mol. The summed E-state index contributed by atoms with van der Waals surface area (Å²) in [6, 6.07) is 0. The van der Waals surface area contributed by atoms with Crippen molar-refractivity contribution < 1.29 is 9.53 Å². The molecule has 138 valence electrons. The van der Waals surface area contributed by atoms with Crippen LogP contribution in [-0.2, 0) is 9.53 Å². The van der Waals surface area contributed by atoms with Crippen molar-refractivity contribution in [2.45, 2.75) is 63.1 Å². The molecule has 5 heteroatoms. The number of ether oxygens (including phenoxy) is 1. The van der Waals surface area contributed by atoms with Gasteiger partial charge in [0, 0.05) is 23.6 Å². The highest BCUT2D eigenvalue weighted by molar-refractivity contribution is 5.79. The lowest BCUT2D eigenvalue weighted by molar-refractivity contribution is -0.166. The van der Waals surface area contributed by atoms with Crippen molar-refractivity contribution in [2.75, 3.05) is 13.1 Å². The van der Waals surface area contributed by atoms with Crippen LogP contribution in [0.5, 0.6) is 0 Å². The second-order valence-electron chi connectivity index (χ2n) is 8.77. The third-order valence-electron chi connectivity index (χ3n) is 7.92. The minimum atomic E-state index is -0.575. The Balaban J connectivity index is 1.99. The zero-order valence-electron chi connectivity index (χ0n) is 15.6. The lowest BCUT2D eigenvalue weighted by Gasteiger charge is -2.63. The number of nitrogens with two attached hydrogens (primary N) is 1. The molecule has 7 atom stereocenters. The topological polar surface area (TPSA) is 79.4 Å². The van der Waals surface area contributed by atoms with Crippen LogP contribution in [0.3, 0.4) is 0 Å². The van der Waals surface area contributed by atoms with Gasteiger partial charge in [-0.25, -0.2) is 0 Å². The SMILES string of the molecule is CC=C[C@H]1[C@]2(C)OC(=O)[C@H](C)C2[C@H]2CCN3CCCC[C@@]1(N)[C@]23C=N. The molecule has 4 rings (SSSR count). The largest absolute Gasteiger partial charge is 0.458 e. The van der Waals surface area contributed by atoms with Crippen molar-refractivity contribution in [3.05, 3.63) is 12.2 Å². The molecule has 25 heavy (non-hydrogen) atoms. The standard InChI is InChI=1S/C20H31N3O2/c1-4-7-15-18(3)16(13(2)17(24)25-18)14-8-11-23-10-6-5-9-19(15,22)20(14,23)12-21/h4,7,12-16,21H,5-6,8-11,22H2,1-3H3/t13-,14-,15+,16?,18+,19+,20+/m1/s1. The molecule has 5 nitrogen and oxygen atoms in total. The number of esters is 1. The Morgan fingerprint density at radius 3 is 2.80 bits per heavy atom. The Hall–Kier alpha value is -1.20. The van der Waals surface area contributed by atoms with E-state index in [2.05, 4.69) is 17.9 Å². The number of nitrogens with one attached hydrogen (secondary N) is 1. The summed E-state index contributed by atoms with van der Waals surface area (Å²) >= 11 is 0. The quantitative estimate of drug-likeness (QED) is 0.457. The maximum absolute atomic E-state index is 12.6. The van der Waals surface area contributed by atoms with Crippen molar-refractivity contribution in [2.24, 2.45) is 29.4 Å². The zero-order chi connectivity index (χ0) is 18.0. The Morgan fingerprint density at radius 1 is 1.36 bits per heavy atom. The van der Waals surface area contributed by atoms with Crippen molar-refractivity contribution >= 4 is 12.2 Å². The predicted octanol–water partition coefficient (Wildman–Crippen LogP) is 2.35. The molecule has 0 aromatic carbocycles. The van der Waals surface area contributed by atoms with E-state index in [1.807, 2.05) is 19.9 Å². The molecular formula is C20H31N3O2. The first-order valence-electron chi connectivity index (χ1n) is 9.78. The summed E-state index contributed by atoms with van der Waals surface area (Å²) in [6.45, 7) is 8.08. The van der Waals surface area contributed by atoms with Crippen LogP contribution in [0.1, 0.15) is 46.5 Å². The Bertz CT molecular complexity index is 634. The maximum Gasteiger partial charge on any atom is 0.309 e. The third kappa shape index (κ3) is 1.81. The molecule has 4 fully saturated rings. The van der Waals surface area contributed by atoms with Crippen LogP contribution in [-0.4, -0.2) is 46.9 Å². The normalized spacial score (nSPS) is 52.6. The molecule has 0 aromatic heterocycles. The van der Waals surface area contributed by atoms with Crippen LogP contribution in [0.15, 0.2) is 12.2 Å². The van der Waals surface area contributed by atoms with Crippen LogP contribution in [0.2, 0.25) is 0 Å². The number of rotatable bonds is 2. The van der Waals surface area contributed by atoms with E-state index in [1.54, 1.807) is 6.21 Å². The minimum absolute atomic E-state index is 0.0690. The van der Waals surface area contributed by atoms with Crippen LogP contribution in [0.4, 0.5) is 0 Å². The first-order chi connectivity index (χ1) is 11.9. The van der Waals surface area contributed by atoms with E-state index >= 15 is 0 Å². The van der Waals surface area contributed by atoms with Crippen molar-refractivity contribution in [3.8, 4) is 0 Å². The van der Waals surface area contributed by atoms with Gasteiger partial charge in [0.2, 0.25) is 0 Å². The number of hydrogen-bond acceptors (Lipinski definition) is 5. The van der Waals surface area contributed by atoms with E-state index in [9.17, 15) is 4.79 Å². The molecule has 0 radical (unpaired) electrons. The number of nitrogens with zero attached hydrogens (tertiary/aromatic N) is 1. The first-order valence-corrected chi connectivity index (χ1v) is 9.78. The second-order valence-corrected chi connectivity index (χ2v) is 8.77. The van der Waals surface area contributed by atoms with Crippen LogP contribution < -0.4 is 5.73 Å². The van der Waals surface area contributed by atoms with E-state index in [-0.39, 0.29) is 29.6 Å². The highest BCUT2D eigenvalue weighted by atomic mass is 16.6. The zero-order valence-corrected chi connectivity index (χ0v) is 15.6. The molecule has 1 saturated carbocycles. The molecule has 0 spiro atoms. The van der Waals surface area contributed by atoms with Gasteiger partial charge in [-0.3, -0.25) is 9.69 Å². The molecular weight excluding hydrogens is 314 g/mol. The van der Waals surface area contributed by atoms with Crippen molar-refractivity contribution in [1.82, 2.24) is 4.90 Å². The van der Waals surface area contributed by atoms with Gasteiger partial charge in [-0.15, -0.1) is 0 Å². The second kappa shape index (κ2) is 5.40. The van der Waals surface area contributed by atoms with E-state index in [0.717, 1.165) is 38.8 Å². The molecule has 3 aliphatic heterocycles. The molecule has 3 heterocycles. The fourth-order valence-electron chi connectivity index (χ4n) is 7.09. The highest BCUT2D eigenvalue weighted by Gasteiger charge is 2.75. The summed E-state index contributed by atoms with van der Waals surface area (Å²) in [6.07, 6.45) is 9.90. The van der Waals surface area contributed by atoms with Crippen LogP contribution in [0, 0.1) is 29.1 Å². The lowest BCUT2D eigenvalue weighted by Crippen LogP contribution is -2.80. The summed E-state index contributed by atoms with van der Waals surface area (Å²) in [5.74, 6) is 0.0251. The Morgan fingerprint density at radius 2 is 2.12 bits per heavy atom. The summed E-state index contributed by atoms with van der Waals surface area (Å²) in [4.78, 5) is 15.0. The van der Waals surface area contributed by atoms with Gasteiger partial charge in [-0.2, -0.15) is 0 Å². The van der Waals surface area contributed by atoms with Gasteiger partial charge < -0.3 is 15.9 Å². The fourth-order valence-corrected chi connectivity index (χ4v) is 7.09. The Kier molecular flexibility index (Phi) is 3.72. The van der Waals surface area contributed by atoms with Gasteiger partial charge in [0.05, 0.1) is 11.5 Å². The van der Waals surface area contributed by atoms with Gasteiger partial charge in [-0.1, -0.05) is 25.5 Å². The molecule has 0 bridgehead atoms. The summed E-state index contributed by atoms with van der Waals surface area (Å²) in [5.41, 5.74) is 5.65. The number of carbonyl (C=O) groups excluding carboxylic acids is 1. The van der Waals surface area contributed by atoms with E-state index in [1.165, 1.54) is 0 Å². The van der Waals surface area contributed by atoms with Gasteiger partial charge in [0.25, 0.3) is 0 Å². The number of hydrogen-bond donors (Lipinski definition) is 2. The molecule has 0 aromatic rings. The lowest BCUT2D eigenvalue weighted by atomic mass is 9.47. The first kappa shape index (κ1) is 17.2. The molecule has 4 aliphatic rings. The summed E-state index contributed by atoms with van der Waals surface area (Å²) < 4.78 is 6.06. The monoisotopic (exact) mass is 345 g/mol. The van der Waals surface area contributed by atoms with Crippen molar-refractivity contribution in [1.29, 1.82) is 5.41 Å². The molecule has 3 N–H and O–H groups in total. The Labute approximate surface area is 150 Å². The molecule has 1 aliphatic carbocycles. The van der Waals surface area contributed by atoms with Gasteiger partial charge in [0.15, 0.2) is 0 Å². The van der Waals surface area contributed by atoms with E-state index < -0.39 is 16.7 Å². The van der Waals surface area contributed by atoms with Gasteiger partial charge >= 0.3 is 5.97 Å². The fraction of sp³-hybridized carbons (Fsp3) is 0.800. The summed E-state index contributed by atoms with van der Waals surface area (Å²) in [7, 11) is 0. The molecule has 0 amide bonds.